The van der Waals surface area contributed by atoms with Gasteiger partial charge in [-0.05, 0) is 19.4 Å². The molecule has 0 spiro atoms. The average Bonchev–Trinajstić information content (AvgIpc) is 3.02. The molecule has 0 aliphatic rings. The molecule has 7 heteroatoms. The van der Waals surface area contributed by atoms with Crippen LogP contribution in [0.3, 0.4) is 0 Å². The molecule has 0 aliphatic heterocycles. The molecule has 0 unspecified atom stereocenters. The third kappa shape index (κ3) is 3.94. The second-order valence-electron chi connectivity index (χ2n) is 6.27. The van der Waals surface area contributed by atoms with Crippen molar-refractivity contribution in [2.75, 3.05) is 19.7 Å². The summed E-state index contributed by atoms with van der Waals surface area (Å²) in [5.74, 6) is -0.0803. The quantitative estimate of drug-likeness (QED) is 0.678. The first-order chi connectivity index (χ1) is 13.1. The summed E-state index contributed by atoms with van der Waals surface area (Å²) >= 11 is 1.51. The molecule has 0 saturated heterocycles. The van der Waals surface area contributed by atoms with Crippen molar-refractivity contribution in [3.05, 3.63) is 51.9 Å². The smallest absolute Gasteiger partial charge is 0.262 e. The maximum Gasteiger partial charge on any atom is 0.262 e. The van der Waals surface area contributed by atoms with Crippen LogP contribution in [0.25, 0.3) is 21.3 Å². The SMILES string of the molecule is CCN(CCO)C(=O)CCn1cnc2sc(C)c(-c3ccccc3)c2c1=O. The van der Waals surface area contributed by atoms with Crippen molar-refractivity contribution in [2.45, 2.75) is 26.8 Å². The average molecular weight is 385 g/mol. The van der Waals surface area contributed by atoms with Crippen LogP contribution in [0.2, 0.25) is 0 Å². The number of hydrogen-bond donors (Lipinski definition) is 1. The van der Waals surface area contributed by atoms with E-state index in [0.29, 0.717) is 18.5 Å². The zero-order chi connectivity index (χ0) is 19.4. The zero-order valence-corrected chi connectivity index (χ0v) is 16.3. The van der Waals surface area contributed by atoms with Crippen LogP contribution in [0.5, 0.6) is 0 Å². The lowest BCUT2D eigenvalue weighted by atomic mass is 10.0. The maximum absolute atomic E-state index is 13.1. The van der Waals surface area contributed by atoms with Gasteiger partial charge in [0.15, 0.2) is 0 Å². The zero-order valence-electron chi connectivity index (χ0n) is 15.5. The summed E-state index contributed by atoms with van der Waals surface area (Å²) in [7, 11) is 0. The molecule has 1 amide bonds. The Labute approximate surface area is 161 Å². The van der Waals surface area contributed by atoms with Gasteiger partial charge in [-0.3, -0.25) is 14.2 Å². The van der Waals surface area contributed by atoms with Crippen molar-refractivity contribution >= 4 is 27.5 Å². The normalized spacial score (nSPS) is 11.1. The van der Waals surface area contributed by atoms with Crippen LogP contribution in [-0.4, -0.2) is 45.2 Å². The number of aryl methyl sites for hydroxylation is 2. The van der Waals surface area contributed by atoms with Crippen molar-refractivity contribution < 1.29 is 9.90 Å². The molecule has 0 radical (unpaired) electrons. The Hall–Kier alpha value is -2.51. The fraction of sp³-hybridized carbons (Fsp3) is 0.350. The number of amides is 1. The number of fused-ring (bicyclic) bond motifs is 1. The molecule has 0 atom stereocenters. The summed E-state index contributed by atoms with van der Waals surface area (Å²) in [4.78, 5) is 33.2. The minimum absolute atomic E-state index is 0.0678. The Morgan fingerprint density at radius 2 is 2.04 bits per heavy atom. The highest BCUT2D eigenvalue weighted by atomic mass is 32.1. The summed E-state index contributed by atoms with van der Waals surface area (Å²) < 4.78 is 1.51. The van der Waals surface area contributed by atoms with Crippen molar-refractivity contribution in [3.8, 4) is 11.1 Å². The molecule has 0 bridgehead atoms. The Kier molecular flexibility index (Phi) is 6.03. The highest BCUT2D eigenvalue weighted by Crippen LogP contribution is 2.35. The van der Waals surface area contributed by atoms with Gasteiger partial charge in [-0.15, -0.1) is 11.3 Å². The topological polar surface area (TPSA) is 75.4 Å². The molecule has 0 fully saturated rings. The molecule has 2 aromatic heterocycles. The van der Waals surface area contributed by atoms with Gasteiger partial charge in [0.05, 0.1) is 18.3 Å². The molecule has 3 rings (SSSR count). The molecular formula is C20H23N3O3S. The fourth-order valence-corrected chi connectivity index (χ4v) is 4.21. The first kappa shape index (κ1) is 19.3. The molecular weight excluding hydrogens is 362 g/mol. The Morgan fingerprint density at radius 3 is 2.70 bits per heavy atom. The number of aromatic nitrogens is 2. The molecule has 142 valence electrons. The number of carbonyl (C=O) groups is 1. The summed E-state index contributed by atoms with van der Waals surface area (Å²) in [5.41, 5.74) is 1.79. The van der Waals surface area contributed by atoms with E-state index in [1.165, 1.54) is 22.2 Å². The highest BCUT2D eigenvalue weighted by molar-refractivity contribution is 7.19. The third-order valence-corrected chi connectivity index (χ3v) is 5.60. The second-order valence-corrected chi connectivity index (χ2v) is 7.47. The van der Waals surface area contributed by atoms with E-state index in [1.54, 1.807) is 4.90 Å². The summed E-state index contributed by atoms with van der Waals surface area (Å²) in [6.45, 7) is 4.91. The van der Waals surface area contributed by atoms with Gasteiger partial charge in [0.25, 0.3) is 5.56 Å². The van der Waals surface area contributed by atoms with Crippen molar-refractivity contribution in [2.24, 2.45) is 0 Å². The predicted molar refractivity (Wildman–Crippen MR) is 108 cm³/mol. The number of carbonyl (C=O) groups excluding carboxylic acids is 1. The van der Waals surface area contributed by atoms with E-state index in [-0.39, 0.29) is 31.0 Å². The van der Waals surface area contributed by atoms with E-state index in [0.717, 1.165) is 20.8 Å². The number of benzene rings is 1. The third-order valence-electron chi connectivity index (χ3n) is 4.59. The van der Waals surface area contributed by atoms with Crippen LogP contribution in [0.15, 0.2) is 41.5 Å². The molecule has 0 aliphatic carbocycles. The molecule has 6 nitrogen and oxygen atoms in total. The van der Waals surface area contributed by atoms with E-state index < -0.39 is 0 Å². The lowest BCUT2D eigenvalue weighted by molar-refractivity contribution is -0.131. The van der Waals surface area contributed by atoms with Crippen LogP contribution in [0.1, 0.15) is 18.2 Å². The molecule has 1 aromatic carbocycles. The number of rotatable bonds is 7. The number of likely N-dealkylation sites (N-methyl/N-ethyl adjacent to an activating group) is 1. The van der Waals surface area contributed by atoms with Gasteiger partial charge in [-0.1, -0.05) is 30.3 Å². The minimum Gasteiger partial charge on any atom is -0.395 e. The molecule has 1 N–H and O–H groups in total. The highest BCUT2D eigenvalue weighted by Gasteiger charge is 2.17. The van der Waals surface area contributed by atoms with Gasteiger partial charge in [0.1, 0.15) is 4.83 Å². The van der Waals surface area contributed by atoms with Crippen LogP contribution in [0.4, 0.5) is 0 Å². The summed E-state index contributed by atoms with van der Waals surface area (Å²) in [5, 5.41) is 9.66. The van der Waals surface area contributed by atoms with Crippen molar-refractivity contribution in [3.63, 3.8) is 0 Å². The van der Waals surface area contributed by atoms with Crippen LogP contribution < -0.4 is 5.56 Å². The predicted octanol–water partition coefficient (Wildman–Crippen LogP) is 2.66. The number of hydrogen-bond acceptors (Lipinski definition) is 5. The number of aliphatic hydroxyl groups excluding tert-OH is 1. The second kappa shape index (κ2) is 8.45. The van der Waals surface area contributed by atoms with E-state index in [1.807, 2.05) is 44.2 Å². The van der Waals surface area contributed by atoms with Gasteiger partial charge < -0.3 is 10.0 Å². The lowest BCUT2D eigenvalue weighted by Crippen LogP contribution is -2.34. The Balaban J connectivity index is 1.94. The molecule has 0 saturated carbocycles. The van der Waals surface area contributed by atoms with E-state index in [4.69, 9.17) is 5.11 Å². The van der Waals surface area contributed by atoms with E-state index in [2.05, 4.69) is 4.98 Å². The molecule has 3 aromatic rings. The first-order valence-electron chi connectivity index (χ1n) is 8.99. The Bertz CT molecular complexity index is 995. The summed E-state index contributed by atoms with van der Waals surface area (Å²) in [6.07, 6.45) is 1.72. The lowest BCUT2D eigenvalue weighted by Gasteiger charge is -2.19. The van der Waals surface area contributed by atoms with E-state index in [9.17, 15) is 9.59 Å². The molecule has 2 heterocycles. The standard InChI is InChI=1S/C20H23N3O3S/c1-3-22(11-12-24)16(25)9-10-23-13-21-19-18(20(23)26)17(14(2)27-19)15-7-5-4-6-8-15/h4-8,13,24H,3,9-12H2,1-2H3. The largest absolute Gasteiger partial charge is 0.395 e. The number of aliphatic hydroxyl groups is 1. The molecule has 27 heavy (non-hydrogen) atoms. The van der Waals surface area contributed by atoms with Gasteiger partial charge in [0.2, 0.25) is 5.91 Å². The van der Waals surface area contributed by atoms with E-state index >= 15 is 0 Å². The first-order valence-corrected chi connectivity index (χ1v) is 9.81. The summed E-state index contributed by atoms with van der Waals surface area (Å²) in [6, 6.07) is 9.83. The minimum atomic E-state index is -0.124. The number of thiophene rings is 1. The van der Waals surface area contributed by atoms with Crippen molar-refractivity contribution in [1.82, 2.24) is 14.5 Å². The number of nitrogens with zero attached hydrogens (tertiary/aromatic N) is 3. The van der Waals surface area contributed by atoms with Crippen molar-refractivity contribution in [1.29, 1.82) is 0 Å². The Morgan fingerprint density at radius 1 is 1.30 bits per heavy atom. The van der Waals surface area contributed by atoms with Gasteiger partial charge >= 0.3 is 0 Å². The van der Waals surface area contributed by atoms with Crippen LogP contribution in [-0.2, 0) is 11.3 Å². The maximum atomic E-state index is 13.1. The van der Waals surface area contributed by atoms with Crippen LogP contribution in [0, 0.1) is 6.92 Å². The van der Waals surface area contributed by atoms with Gasteiger partial charge in [-0.2, -0.15) is 0 Å². The fourth-order valence-electron chi connectivity index (χ4n) is 3.20. The van der Waals surface area contributed by atoms with Gasteiger partial charge in [0, 0.05) is 36.5 Å². The van der Waals surface area contributed by atoms with Crippen LogP contribution >= 0.6 is 11.3 Å². The van der Waals surface area contributed by atoms with Gasteiger partial charge in [-0.25, -0.2) is 4.98 Å². The monoisotopic (exact) mass is 385 g/mol.